The Hall–Kier alpha value is -0.590. The first kappa shape index (κ1) is 10.9. The van der Waals surface area contributed by atoms with Gasteiger partial charge >= 0.3 is 0 Å². The minimum Gasteiger partial charge on any atom is -0.299 e. The van der Waals surface area contributed by atoms with E-state index in [1.54, 1.807) is 0 Å². The van der Waals surface area contributed by atoms with Crippen molar-refractivity contribution in [3.05, 3.63) is 11.6 Å². The zero-order valence-electron chi connectivity index (χ0n) is 10.2. The molecule has 2 aliphatic carbocycles. The average Bonchev–Trinajstić information content (AvgIpc) is 2.70. The molecule has 0 aromatic carbocycles. The van der Waals surface area contributed by atoms with Gasteiger partial charge in [0.05, 0.1) is 0 Å². The molecule has 0 saturated heterocycles. The summed E-state index contributed by atoms with van der Waals surface area (Å²) in [5.74, 6) is 1.69. The van der Waals surface area contributed by atoms with Crippen LogP contribution in [0.2, 0.25) is 0 Å². The summed E-state index contributed by atoms with van der Waals surface area (Å²) in [4.78, 5) is 12.1. The van der Waals surface area contributed by atoms with Crippen LogP contribution in [0.5, 0.6) is 0 Å². The Kier molecular flexibility index (Phi) is 2.74. The standard InChI is InChI=1S/C14H22O/c1-10(2)5-4-8-14(3)12-7-6-11(9-12)13(14)15/h5,11-12H,4,6-9H2,1-3H3/t11-,12+,14+/m0/s1. The number of ketones is 1. The van der Waals surface area contributed by atoms with Crippen LogP contribution >= 0.6 is 0 Å². The normalized spacial score (nSPS) is 38.5. The summed E-state index contributed by atoms with van der Waals surface area (Å²) in [5.41, 5.74) is 1.39. The van der Waals surface area contributed by atoms with Crippen LogP contribution in [0, 0.1) is 17.3 Å². The van der Waals surface area contributed by atoms with Crippen LogP contribution in [0.3, 0.4) is 0 Å². The molecule has 0 aliphatic heterocycles. The van der Waals surface area contributed by atoms with Gasteiger partial charge in [0.15, 0.2) is 0 Å². The Labute approximate surface area is 92.9 Å². The van der Waals surface area contributed by atoms with Gasteiger partial charge < -0.3 is 0 Å². The lowest BCUT2D eigenvalue weighted by molar-refractivity contribution is -0.131. The summed E-state index contributed by atoms with van der Waals surface area (Å²) >= 11 is 0. The Balaban J connectivity index is 2.01. The molecule has 0 aromatic heterocycles. The fraction of sp³-hybridized carbons (Fsp3) is 0.786. The van der Waals surface area contributed by atoms with E-state index in [4.69, 9.17) is 0 Å². The van der Waals surface area contributed by atoms with Crippen LogP contribution in [-0.4, -0.2) is 5.78 Å². The van der Waals surface area contributed by atoms with Crippen molar-refractivity contribution in [3.63, 3.8) is 0 Å². The van der Waals surface area contributed by atoms with Gasteiger partial charge in [-0.25, -0.2) is 0 Å². The van der Waals surface area contributed by atoms with Crippen LogP contribution in [0.15, 0.2) is 11.6 Å². The predicted octanol–water partition coefficient (Wildman–Crippen LogP) is 3.74. The maximum absolute atomic E-state index is 12.1. The van der Waals surface area contributed by atoms with Gasteiger partial charge in [-0.1, -0.05) is 18.6 Å². The zero-order chi connectivity index (χ0) is 11.1. The van der Waals surface area contributed by atoms with Crippen molar-refractivity contribution in [2.24, 2.45) is 17.3 Å². The van der Waals surface area contributed by atoms with Gasteiger partial charge in [-0.2, -0.15) is 0 Å². The third kappa shape index (κ3) is 1.77. The molecule has 2 aliphatic rings. The first-order valence-electron chi connectivity index (χ1n) is 6.21. The van der Waals surface area contributed by atoms with Gasteiger partial charge in [0, 0.05) is 11.3 Å². The highest BCUT2D eigenvalue weighted by Gasteiger charge is 2.54. The van der Waals surface area contributed by atoms with Gasteiger partial charge in [0.1, 0.15) is 5.78 Å². The number of rotatable bonds is 3. The smallest absolute Gasteiger partial charge is 0.142 e. The van der Waals surface area contributed by atoms with Gasteiger partial charge in [-0.3, -0.25) is 4.79 Å². The van der Waals surface area contributed by atoms with Crippen LogP contribution in [-0.2, 0) is 4.79 Å². The van der Waals surface area contributed by atoms with Gasteiger partial charge in [0.25, 0.3) is 0 Å². The minimum absolute atomic E-state index is 0.0227. The monoisotopic (exact) mass is 206 g/mol. The van der Waals surface area contributed by atoms with Gasteiger partial charge in [-0.15, -0.1) is 0 Å². The molecule has 2 rings (SSSR count). The molecule has 0 heterocycles. The second-order valence-corrected chi connectivity index (χ2v) is 5.81. The Morgan fingerprint density at radius 2 is 2.20 bits per heavy atom. The topological polar surface area (TPSA) is 17.1 Å². The van der Waals surface area contributed by atoms with E-state index >= 15 is 0 Å². The maximum Gasteiger partial charge on any atom is 0.142 e. The second kappa shape index (κ2) is 3.77. The number of carbonyl (C=O) groups is 1. The van der Waals surface area contributed by atoms with Crippen molar-refractivity contribution in [1.29, 1.82) is 0 Å². The molecule has 0 spiro atoms. The number of hydrogen-bond acceptors (Lipinski definition) is 1. The number of hydrogen-bond donors (Lipinski definition) is 0. The summed E-state index contributed by atoms with van der Waals surface area (Å²) < 4.78 is 0. The number of carbonyl (C=O) groups excluding carboxylic acids is 1. The van der Waals surface area contributed by atoms with Crippen LogP contribution in [0.25, 0.3) is 0 Å². The molecule has 2 fully saturated rings. The second-order valence-electron chi connectivity index (χ2n) is 5.81. The van der Waals surface area contributed by atoms with Crippen molar-refractivity contribution in [3.8, 4) is 0 Å². The van der Waals surface area contributed by atoms with E-state index in [0.29, 0.717) is 17.6 Å². The molecule has 1 nitrogen and oxygen atoms in total. The summed E-state index contributed by atoms with van der Waals surface area (Å²) in [5, 5.41) is 0. The van der Waals surface area contributed by atoms with E-state index in [1.165, 1.54) is 24.8 Å². The molecule has 0 radical (unpaired) electrons. The van der Waals surface area contributed by atoms with E-state index in [-0.39, 0.29) is 5.41 Å². The molecule has 84 valence electrons. The molecule has 3 atom stereocenters. The summed E-state index contributed by atoms with van der Waals surface area (Å²) in [6.45, 7) is 6.47. The minimum atomic E-state index is 0.0227. The van der Waals surface area contributed by atoms with E-state index < -0.39 is 0 Å². The molecule has 1 heteroatoms. The Morgan fingerprint density at radius 3 is 2.73 bits per heavy atom. The highest BCUT2D eigenvalue weighted by atomic mass is 16.1. The SMILES string of the molecule is CC(C)=CCC[C@@]1(C)C(=O)[C@H]2CC[C@@H]1C2. The van der Waals surface area contributed by atoms with Crippen LogP contribution in [0.4, 0.5) is 0 Å². The summed E-state index contributed by atoms with van der Waals surface area (Å²) in [6.07, 6.45) is 8.06. The van der Waals surface area contributed by atoms with E-state index in [0.717, 1.165) is 12.8 Å². The molecule has 2 saturated carbocycles. The van der Waals surface area contributed by atoms with Crippen molar-refractivity contribution in [1.82, 2.24) is 0 Å². The fourth-order valence-electron chi connectivity index (χ4n) is 3.45. The average molecular weight is 206 g/mol. The van der Waals surface area contributed by atoms with E-state index in [1.807, 2.05) is 0 Å². The number of fused-ring (bicyclic) bond motifs is 2. The molecular weight excluding hydrogens is 184 g/mol. The molecule has 0 aromatic rings. The lowest BCUT2D eigenvalue weighted by Gasteiger charge is -2.32. The molecule has 0 N–H and O–H groups in total. The molecule has 2 bridgehead atoms. The highest BCUT2D eigenvalue weighted by Crippen LogP contribution is 2.55. The highest BCUT2D eigenvalue weighted by molar-refractivity contribution is 5.90. The zero-order valence-corrected chi connectivity index (χ0v) is 10.2. The van der Waals surface area contributed by atoms with Gasteiger partial charge in [0.2, 0.25) is 0 Å². The van der Waals surface area contributed by atoms with Crippen molar-refractivity contribution < 1.29 is 4.79 Å². The van der Waals surface area contributed by atoms with Crippen LogP contribution < -0.4 is 0 Å². The molecular formula is C14H22O. The Bertz CT molecular complexity index is 298. The third-order valence-electron chi connectivity index (χ3n) is 4.48. The quantitative estimate of drug-likeness (QED) is 0.643. The number of allylic oxidation sites excluding steroid dienone is 2. The van der Waals surface area contributed by atoms with E-state index in [9.17, 15) is 4.79 Å². The van der Waals surface area contributed by atoms with Crippen molar-refractivity contribution in [2.75, 3.05) is 0 Å². The summed E-state index contributed by atoms with van der Waals surface area (Å²) in [7, 11) is 0. The molecule has 0 amide bonds. The fourth-order valence-corrected chi connectivity index (χ4v) is 3.45. The molecule has 0 unspecified atom stereocenters. The predicted molar refractivity (Wildman–Crippen MR) is 62.6 cm³/mol. The first-order valence-corrected chi connectivity index (χ1v) is 6.21. The Morgan fingerprint density at radius 1 is 1.47 bits per heavy atom. The molecule has 15 heavy (non-hydrogen) atoms. The largest absolute Gasteiger partial charge is 0.299 e. The lowest BCUT2D eigenvalue weighted by atomic mass is 9.71. The lowest BCUT2D eigenvalue weighted by Crippen LogP contribution is -2.33. The third-order valence-corrected chi connectivity index (χ3v) is 4.48. The first-order chi connectivity index (χ1) is 7.04. The van der Waals surface area contributed by atoms with E-state index in [2.05, 4.69) is 26.8 Å². The summed E-state index contributed by atoms with van der Waals surface area (Å²) in [6, 6.07) is 0. The van der Waals surface area contributed by atoms with Crippen molar-refractivity contribution in [2.45, 2.75) is 52.9 Å². The number of Topliss-reactive ketones (excluding diaryl/α,β-unsaturated/α-hetero) is 1. The van der Waals surface area contributed by atoms with Gasteiger partial charge in [-0.05, 0) is 51.9 Å². The van der Waals surface area contributed by atoms with Crippen molar-refractivity contribution >= 4 is 5.78 Å². The van der Waals surface area contributed by atoms with Crippen LogP contribution in [0.1, 0.15) is 52.9 Å². The maximum atomic E-state index is 12.1.